The Hall–Kier alpha value is -1.28. The van der Waals surface area contributed by atoms with Crippen LogP contribution in [0.25, 0.3) is 10.9 Å². The Bertz CT molecular complexity index is 603. The van der Waals surface area contributed by atoms with Crippen molar-refractivity contribution in [2.45, 2.75) is 45.4 Å². The molecular weight excluding hydrogens is 258 g/mol. The molecule has 0 saturated heterocycles. The van der Waals surface area contributed by atoms with E-state index in [4.69, 9.17) is 11.6 Å². The molecule has 0 radical (unpaired) electrons. The van der Waals surface area contributed by atoms with Crippen LogP contribution in [0.1, 0.15) is 44.7 Å². The zero-order chi connectivity index (χ0) is 13.7. The smallest absolute Gasteiger partial charge is 0.208 e. The first-order valence-corrected chi connectivity index (χ1v) is 7.41. The van der Waals surface area contributed by atoms with Crippen molar-refractivity contribution in [2.75, 3.05) is 0 Å². The van der Waals surface area contributed by atoms with Crippen molar-refractivity contribution in [3.8, 4) is 0 Å². The highest BCUT2D eigenvalue weighted by atomic mass is 35.5. The van der Waals surface area contributed by atoms with Gasteiger partial charge in [-0.05, 0) is 25.0 Å². The molecule has 0 amide bonds. The number of unbranched alkanes of at least 4 members (excludes halogenated alkanes) is 4. The van der Waals surface area contributed by atoms with Crippen molar-refractivity contribution < 1.29 is 0 Å². The summed E-state index contributed by atoms with van der Waals surface area (Å²) in [5.74, 6) is 0. The van der Waals surface area contributed by atoms with Gasteiger partial charge in [0.15, 0.2) is 0 Å². The van der Waals surface area contributed by atoms with Crippen LogP contribution in [-0.4, -0.2) is 4.98 Å². The van der Waals surface area contributed by atoms with Gasteiger partial charge in [-0.15, -0.1) is 0 Å². The van der Waals surface area contributed by atoms with E-state index in [0.717, 1.165) is 24.1 Å². The Morgan fingerprint density at radius 3 is 2.63 bits per heavy atom. The molecule has 0 fully saturated rings. The molecule has 2 nitrogen and oxygen atoms in total. The van der Waals surface area contributed by atoms with Crippen molar-refractivity contribution >= 4 is 22.5 Å². The summed E-state index contributed by atoms with van der Waals surface area (Å²) in [6.07, 6.45) is 6.90. The minimum absolute atomic E-state index is 0.0559. The van der Waals surface area contributed by atoms with Crippen LogP contribution in [0.2, 0.25) is 5.02 Å². The van der Waals surface area contributed by atoms with E-state index in [-0.39, 0.29) is 5.43 Å². The summed E-state index contributed by atoms with van der Waals surface area (Å²) in [6.45, 7) is 2.21. The number of H-pyrrole nitrogens is 1. The maximum Gasteiger partial charge on any atom is 0.208 e. The van der Waals surface area contributed by atoms with Crippen LogP contribution in [0, 0.1) is 0 Å². The molecular formula is C16H20ClNO. The Labute approximate surface area is 118 Å². The number of benzene rings is 1. The first-order chi connectivity index (χ1) is 9.24. The number of fused-ring (bicyclic) bond motifs is 1. The van der Waals surface area contributed by atoms with E-state index >= 15 is 0 Å². The molecule has 0 atom stereocenters. The zero-order valence-corrected chi connectivity index (χ0v) is 12.1. The summed E-state index contributed by atoms with van der Waals surface area (Å²) in [5, 5.41) is 1.02. The summed E-state index contributed by atoms with van der Waals surface area (Å²) in [5.41, 5.74) is 1.70. The van der Waals surface area contributed by atoms with Crippen molar-refractivity contribution in [3.63, 3.8) is 0 Å². The van der Waals surface area contributed by atoms with Gasteiger partial charge in [-0.1, -0.05) is 56.3 Å². The minimum Gasteiger partial charge on any atom is -0.357 e. The van der Waals surface area contributed by atoms with Crippen molar-refractivity contribution in [1.29, 1.82) is 0 Å². The monoisotopic (exact) mass is 277 g/mol. The van der Waals surface area contributed by atoms with E-state index in [9.17, 15) is 4.79 Å². The fourth-order valence-corrected chi connectivity index (χ4v) is 2.58. The second-order valence-corrected chi connectivity index (χ2v) is 5.33. The molecule has 0 saturated carbocycles. The van der Waals surface area contributed by atoms with Gasteiger partial charge in [-0.25, -0.2) is 0 Å². The third-order valence-corrected chi connectivity index (χ3v) is 3.85. The third kappa shape index (κ3) is 3.38. The number of aryl methyl sites for hydroxylation is 1. The summed E-state index contributed by atoms with van der Waals surface area (Å²) in [7, 11) is 0. The summed E-state index contributed by atoms with van der Waals surface area (Å²) >= 11 is 6.17. The maximum atomic E-state index is 12.1. The fourth-order valence-electron chi connectivity index (χ4n) is 2.34. The van der Waals surface area contributed by atoms with E-state index in [1.165, 1.54) is 25.7 Å². The van der Waals surface area contributed by atoms with Crippen LogP contribution in [0.4, 0.5) is 0 Å². The van der Waals surface area contributed by atoms with Gasteiger partial charge in [0.05, 0.1) is 0 Å². The number of para-hydroxylation sites is 1. The molecule has 1 N–H and O–H groups in total. The summed E-state index contributed by atoms with van der Waals surface area (Å²) in [6, 6.07) is 7.52. The highest BCUT2D eigenvalue weighted by Crippen LogP contribution is 2.17. The maximum absolute atomic E-state index is 12.1. The standard InChI is InChI=1S/C16H20ClNO/c1-2-3-4-5-6-11-14-15(17)16(19)12-9-7-8-10-13(12)18-14/h7-10H,2-6,11H2,1H3,(H,18,19). The van der Waals surface area contributed by atoms with Gasteiger partial charge in [0.25, 0.3) is 0 Å². The van der Waals surface area contributed by atoms with E-state index in [2.05, 4.69) is 11.9 Å². The molecule has 0 aliphatic rings. The number of rotatable bonds is 6. The molecule has 0 spiro atoms. The second kappa shape index (κ2) is 6.76. The number of hydrogen-bond acceptors (Lipinski definition) is 1. The predicted octanol–water partition coefficient (Wildman–Crippen LogP) is 4.69. The highest BCUT2D eigenvalue weighted by Gasteiger charge is 2.09. The number of aromatic nitrogens is 1. The number of pyridine rings is 1. The largest absolute Gasteiger partial charge is 0.357 e. The number of nitrogens with one attached hydrogen (secondary N) is 1. The Kier molecular flexibility index (Phi) is 5.03. The SMILES string of the molecule is CCCCCCCc1[nH]c2ccccc2c(=O)c1Cl. The number of aromatic amines is 1. The molecule has 2 aromatic rings. The van der Waals surface area contributed by atoms with Crippen LogP contribution in [0.15, 0.2) is 29.1 Å². The minimum atomic E-state index is -0.0559. The number of halogens is 1. The molecule has 102 valence electrons. The van der Waals surface area contributed by atoms with E-state index in [1.807, 2.05) is 24.3 Å². The van der Waals surface area contributed by atoms with Crippen molar-refractivity contribution in [3.05, 3.63) is 45.2 Å². The molecule has 1 aromatic heterocycles. The summed E-state index contributed by atoms with van der Waals surface area (Å²) < 4.78 is 0. The van der Waals surface area contributed by atoms with Gasteiger partial charge in [-0.2, -0.15) is 0 Å². The lowest BCUT2D eigenvalue weighted by Gasteiger charge is -2.07. The average Bonchev–Trinajstić information content (AvgIpc) is 2.44. The lowest BCUT2D eigenvalue weighted by atomic mass is 10.1. The van der Waals surface area contributed by atoms with Crippen molar-refractivity contribution in [1.82, 2.24) is 4.98 Å². The van der Waals surface area contributed by atoms with Crippen LogP contribution < -0.4 is 5.43 Å². The van der Waals surface area contributed by atoms with Gasteiger partial charge in [0.1, 0.15) is 5.02 Å². The lowest BCUT2D eigenvalue weighted by Crippen LogP contribution is -2.08. The molecule has 1 heterocycles. The lowest BCUT2D eigenvalue weighted by molar-refractivity contribution is 0.628. The van der Waals surface area contributed by atoms with E-state index in [0.29, 0.717) is 10.4 Å². The highest BCUT2D eigenvalue weighted by molar-refractivity contribution is 6.31. The molecule has 0 aliphatic heterocycles. The normalized spacial score (nSPS) is 11.1. The molecule has 0 unspecified atom stereocenters. The molecule has 2 rings (SSSR count). The second-order valence-electron chi connectivity index (χ2n) is 4.96. The molecule has 3 heteroatoms. The summed E-state index contributed by atoms with van der Waals surface area (Å²) in [4.78, 5) is 15.4. The molecule has 0 aliphatic carbocycles. The average molecular weight is 278 g/mol. The van der Waals surface area contributed by atoms with Crippen LogP contribution in [-0.2, 0) is 6.42 Å². The molecule has 19 heavy (non-hydrogen) atoms. The predicted molar refractivity (Wildman–Crippen MR) is 82.0 cm³/mol. The fraction of sp³-hybridized carbons (Fsp3) is 0.438. The van der Waals surface area contributed by atoms with Gasteiger partial charge in [0.2, 0.25) is 5.43 Å². The number of hydrogen-bond donors (Lipinski definition) is 1. The van der Waals surface area contributed by atoms with Gasteiger partial charge in [0, 0.05) is 16.6 Å². The quantitative estimate of drug-likeness (QED) is 0.763. The Morgan fingerprint density at radius 2 is 1.84 bits per heavy atom. The van der Waals surface area contributed by atoms with Crippen LogP contribution in [0.5, 0.6) is 0 Å². The molecule has 0 bridgehead atoms. The van der Waals surface area contributed by atoms with Crippen LogP contribution >= 0.6 is 11.6 Å². The first kappa shape index (κ1) is 14.1. The van der Waals surface area contributed by atoms with Crippen molar-refractivity contribution in [2.24, 2.45) is 0 Å². The zero-order valence-electron chi connectivity index (χ0n) is 11.3. The third-order valence-electron chi connectivity index (χ3n) is 3.45. The van der Waals surface area contributed by atoms with E-state index in [1.54, 1.807) is 0 Å². The topological polar surface area (TPSA) is 32.9 Å². The Morgan fingerprint density at radius 1 is 1.11 bits per heavy atom. The van der Waals surface area contributed by atoms with Gasteiger partial charge >= 0.3 is 0 Å². The van der Waals surface area contributed by atoms with Gasteiger partial charge < -0.3 is 4.98 Å². The van der Waals surface area contributed by atoms with E-state index < -0.39 is 0 Å². The Balaban J connectivity index is 2.15. The molecule has 1 aromatic carbocycles. The van der Waals surface area contributed by atoms with Crippen LogP contribution in [0.3, 0.4) is 0 Å². The first-order valence-electron chi connectivity index (χ1n) is 7.03. The van der Waals surface area contributed by atoms with Gasteiger partial charge in [-0.3, -0.25) is 4.79 Å².